The normalized spacial score (nSPS) is 38.3. The van der Waals surface area contributed by atoms with Gasteiger partial charge in [-0.15, -0.1) is 0 Å². The Morgan fingerprint density at radius 2 is 1.76 bits per heavy atom. The summed E-state index contributed by atoms with van der Waals surface area (Å²) in [4.78, 5) is 0. The van der Waals surface area contributed by atoms with Crippen molar-refractivity contribution < 1.29 is 29.9 Å². The van der Waals surface area contributed by atoms with E-state index in [0.29, 0.717) is 19.6 Å². The first-order valence-electron chi connectivity index (χ1n) is 5.74. The Hall–Kier alpha value is -0.280. The van der Waals surface area contributed by atoms with Crippen molar-refractivity contribution in [3.8, 4) is 0 Å². The minimum atomic E-state index is -1.39. The van der Waals surface area contributed by atoms with Crippen LogP contribution in [0.15, 0.2) is 0 Å². The fourth-order valence-corrected chi connectivity index (χ4v) is 1.65. The molecular formula is C10H21NO6. The van der Waals surface area contributed by atoms with Gasteiger partial charge in [0.25, 0.3) is 0 Å². The van der Waals surface area contributed by atoms with Gasteiger partial charge in [0, 0.05) is 6.61 Å². The van der Waals surface area contributed by atoms with Gasteiger partial charge >= 0.3 is 0 Å². The average Bonchev–Trinajstić information content (AvgIpc) is 2.34. The van der Waals surface area contributed by atoms with Crippen LogP contribution in [-0.2, 0) is 9.47 Å². The van der Waals surface area contributed by atoms with Crippen LogP contribution in [0, 0.1) is 0 Å². The summed E-state index contributed by atoms with van der Waals surface area (Å²) in [6, 6.07) is 0. The second kappa shape index (κ2) is 7.22. The number of hydrogen-bond donors (Lipinski definition) is 5. The third-order valence-electron chi connectivity index (χ3n) is 2.73. The first kappa shape index (κ1) is 14.8. The molecule has 0 aliphatic carbocycles. The molecule has 0 aromatic rings. The Morgan fingerprint density at radius 1 is 1.06 bits per heavy atom. The Balaban J connectivity index is 2.42. The number of rotatable bonds is 6. The number of ether oxygens (including phenoxy) is 2. The van der Waals surface area contributed by atoms with E-state index >= 15 is 0 Å². The van der Waals surface area contributed by atoms with Crippen LogP contribution in [0.2, 0.25) is 0 Å². The lowest BCUT2D eigenvalue weighted by Gasteiger charge is -2.39. The fourth-order valence-electron chi connectivity index (χ4n) is 1.65. The van der Waals surface area contributed by atoms with Gasteiger partial charge in [-0.2, -0.15) is 0 Å². The smallest absolute Gasteiger partial charge is 0.186 e. The van der Waals surface area contributed by atoms with Crippen molar-refractivity contribution >= 4 is 0 Å². The summed E-state index contributed by atoms with van der Waals surface area (Å²) in [5.41, 5.74) is 5.32. The van der Waals surface area contributed by atoms with E-state index in [1.54, 1.807) is 0 Å². The van der Waals surface area contributed by atoms with E-state index < -0.39 is 37.3 Å². The van der Waals surface area contributed by atoms with Gasteiger partial charge in [-0.05, 0) is 19.4 Å². The molecule has 0 bridgehead atoms. The highest BCUT2D eigenvalue weighted by Crippen LogP contribution is 2.21. The molecule has 1 heterocycles. The maximum Gasteiger partial charge on any atom is 0.186 e. The summed E-state index contributed by atoms with van der Waals surface area (Å²) in [7, 11) is 0. The Morgan fingerprint density at radius 3 is 2.35 bits per heavy atom. The van der Waals surface area contributed by atoms with Crippen molar-refractivity contribution in [2.24, 2.45) is 5.73 Å². The summed E-state index contributed by atoms with van der Waals surface area (Å²) in [5.74, 6) is 0. The van der Waals surface area contributed by atoms with E-state index in [2.05, 4.69) is 0 Å². The largest absolute Gasteiger partial charge is 0.394 e. The van der Waals surface area contributed by atoms with Crippen molar-refractivity contribution in [1.82, 2.24) is 0 Å². The molecule has 1 fully saturated rings. The lowest BCUT2D eigenvalue weighted by Crippen LogP contribution is -2.59. The zero-order valence-corrected chi connectivity index (χ0v) is 9.60. The van der Waals surface area contributed by atoms with Crippen LogP contribution in [-0.4, -0.2) is 70.9 Å². The van der Waals surface area contributed by atoms with Crippen LogP contribution >= 0.6 is 0 Å². The van der Waals surface area contributed by atoms with Gasteiger partial charge in [-0.25, -0.2) is 0 Å². The molecule has 7 nitrogen and oxygen atoms in total. The maximum atomic E-state index is 9.61. The first-order chi connectivity index (χ1) is 8.11. The predicted octanol–water partition coefficient (Wildman–Crippen LogP) is -2.46. The summed E-state index contributed by atoms with van der Waals surface area (Å²) >= 11 is 0. The summed E-state index contributed by atoms with van der Waals surface area (Å²) in [5, 5.41) is 37.6. The molecule has 1 saturated heterocycles. The average molecular weight is 251 g/mol. The first-order valence-corrected chi connectivity index (χ1v) is 5.74. The van der Waals surface area contributed by atoms with E-state index in [1.165, 1.54) is 0 Å². The summed E-state index contributed by atoms with van der Waals surface area (Å²) < 4.78 is 10.4. The second-order valence-corrected chi connectivity index (χ2v) is 4.06. The van der Waals surface area contributed by atoms with Gasteiger partial charge in [-0.3, -0.25) is 0 Å². The van der Waals surface area contributed by atoms with Gasteiger partial charge in [-0.1, -0.05) is 0 Å². The Kier molecular flexibility index (Phi) is 6.28. The number of aliphatic hydroxyl groups is 4. The quantitative estimate of drug-likeness (QED) is 0.331. The Labute approximate surface area is 99.8 Å². The van der Waals surface area contributed by atoms with Crippen molar-refractivity contribution in [2.75, 3.05) is 19.8 Å². The van der Waals surface area contributed by atoms with Gasteiger partial charge in [0.15, 0.2) is 6.29 Å². The number of hydrogen-bond acceptors (Lipinski definition) is 7. The molecule has 0 aromatic carbocycles. The van der Waals surface area contributed by atoms with Crippen molar-refractivity contribution in [2.45, 2.75) is 43.5 Å². The molecule has 1 aliphatic rings. The van der Waals surface area contributed by atoms with Gasteiger partial charge in [0.1, 0.15) is 24.4 Å². The molecular weight excluding hydrogens is 230 g/mol. The summed E-state index contributed by atoms with van der Waals surface area (Å²) in [6.45, 7) is 0.436. The molecule has 17 heavy (non-hydrogen) atoms. The minimum absolute atomic E-state index is 0.333. The number of aliphatic hydroxyl groups excluding tert-OH is 4. The number of unbranched alkanes of at least 4 members (excludes halogenated alkanes) is 1. The molecule has 7 heteroatoms. The highest BCUT2D eigenvalue weighted by molar-refractivity contribution is 4.88. The highest BCUT2D eigenvalue weighted by atomic mass is 16.7. The van der Waals surface area contributed by atoms with E-state index in [9.17, 15) is 15.3 Å². The molecule has 0 unspecified atom stereocenters. The molecule has 102 valence electrons. The zero-order valence-electron chi connectivity index (χ0n) is 9.60. The van der Waals surface area contributed by atoms with Gasteiger partial charge < -0.3 is 35.6 Å². The lowest BCUT2D eigenvalue weighted by atomic mass is 9.99. The molecule has 0 radical (unpaired) electrons. The number of nitrogens with two attached hydrogens (primary N) is 1. The van der Waals surface area contributed by atoms with E-state index in [-0.39, 0.29) is 0 Å². The third kappa shape index (κ3) is 3.85. The SMILES string of the molecule is NCCCCO[C@H]1O[C@H](CO)[C@@H](O)[C@H](O)[C@H]1O. The van der Waals surface area contributed by atoms with Crippen molar-refractivity contribution in [3.05, 3.63) is 0 Å². The summed E-state index contributed by atoms with van der Waals surface area (Å²) in [6.07, 6.45) is -4.52. The minimum Gasteiger partial charge on any atom is -0.394 e. The molecule has 1 rings (SSSR count). The molecule has 1 aliphatic heterocycles. The van der Waals surface area contributed by atoms with E-state index in [4.69, 9.17) is 20.3 Å². The van der Waals surface area contributed by atoms with Crippen LogP contribution in [0.1, 0.15) is 12.8 Å². The molecule has 0 amide bonds. The highest BCUT2D eigenvalue weighted by Gasteiger charge is 2.43. The molecule has 0 spiro atoms. The molecule has 0 saturated carbocycles. The Bertz CT molecular complexity index is 215. The molecule has 6 N–H and O–H groups in total. The van der Waals surface area contributed by atoms with Crippen LogP contribution in [0.25, 0.3) is 0 Å². The molecule has 0 aromatic heterocycles. The second-order valence-electron chi connectivity index (χ2n) is 4.06. The van der Waals surface area contributed by atoms with Gasteiger partial charge in [0.2, 0.25) is 0 Å². The standard InChI is InChI=1S/C10H21NO6/c11-3-1-2-4-16-10-9(15)8(14)7(13)6(5-12)17-10/h6-10,12-15H,1-5,11H2/t6-,7-,8+,9-,10+/m1/s1. The van der Waals surface area contributed by atoms with Crippen LogP contribution in [0.5, 0.6) is 0 Å². The maximum absolute atomic E-state index is 9.61. The zero-order chi connectivity index (χ0) is 12.8. The van der Waals surface area contributed by atoms with Crippen molar-refractivity contribution in [3.63, 3.8) is 0 Å². The van der Waals surface area contributed by atoms with Crippen LogP contribution in [0.3, 0.4) is 0 Å². The van der Waals surface area contributed by atoms with Gasteiger partial charge in [0.05, 0.1) is 6.61 Å². The predicted molar refractivity (Wildman–Crippen MR) is 58.0 cm³/mol. The fraction of sp³-hybridized carbons (Fsp3) is 1.00. The monoisotopic (exact) mass is 251 g/mol. The molecule has 5 atom stereocenters. The van der Waals surface area contributed by atoms with E-state index in [0.717, 1.165) is 6.42 Å². The third-order valence-corrected chi connectivity index (χ3v) is 2.73. The van der Waals surface area contributed by atoms with E-state index in [1.807, 2.05) is 0 Å². The van der Waals surface area contributed by atoms with Crippen LogP contribution in [0.4, 0.5) is 0 Å². The van der Waals surface area contributed by atoms with Crippen molar-refractivity contribution in [1.29, 1.82) is 0 Å². The lowest BCUT2D eigenvalue weighted by molar-refractivity contribution is -0.301. The van der Waals surface area contributed by atoms with Crippen LogP contribution < -0.4 is 5.73 Å². The topological polar surface area (TPSA) is 125 Å².